The van der Waals surface area contributed by atoms with Gasteiger partial charge in [-0.05, 0) is 26.8 Å². The number of aryl methyl sites for hydroxylation is 1. The molecule has 0 fully saturated rings. The summed E-state index contributed by atoms with van der Waals surface area (Å²) >= 11 is 1.34. The highest BCUT2D eigenvalue weighted by atomic mass is 32.1. The molecule has 2 rings (SSSR count). The lowest BCUT2D eigenvalue weighted by molar-refractivity contribution is 0.101. The van der Waals surface area contributed by atoms with Crippen LogP contribution >= 0.6 is 11.3 Å². The smallest absolute Gasteiger partial charge is 0.274 e. The van der Waals surface area contributed by atoms with Crippen LogP contribution in [0.5, 0.6) is 0 Å². The number of carbonyl (C=O) groups excluding carboxylic acids is 1. The molecular weight excluding hydrogens is 250 g/mol. The summed E-state index contributed by atoms with van der Waals surface area (Å²) in [6, 6.07) is 1.82. The first-order chi connectivity index (χ1) is 8.47. The van der Waals surface area contributed by atoms with Gasteiger partial charge in [-0.3, -0.25) is 10.1 Å². The first-order valence-corrected chi connectivity index (χ1v) is 6.38. The Labute approximate surface area is 109 Å². The van der Waals surface area contributed by atoms with E-state index in [9.17, 15) is 4.79 Å². The normalized spacial score (nSPS) is 10.9. The highest BCUT2D eigenvalue weighted by molar-refractivity contribution is 7.15. The lowest BCUT2D eigenvalue weighted by Gasteiger charge is -2.11. The van der Waals surface area contributed by atoms with E-state index in [0.29, 0.717) is 16.5 Å². The van der Waals surface area contributed by atoms with E-state index in [1.807, 2.05) is 25.3 Å². The van der Waals surface area contributed by atoms with Gasteiger partial charge in [0.25, 0.3) is 5.91 Å². The maximum Gasteiger partial charge on any atom is 0.274 e. The highest BCUT2D eigenvalue weighted by Crippen LogP contribution is 2.19. The molecule has 0 radical (unpaired) electrons. The number of nitrogens with two attached hydrogens (primary N) is 1. The number of hydrogen-bond acceptors (Lipinski definition) is 5. The Hall–Kier alpha value is -1.89. The van der Waals surface area contributed by atoms with Crippen molar-refractivity contribution in [3.63, 3.8) is 0 Å². The quantitative estimate of drug-likeness (QED) is 0.889. The molecule has 96 valence electrons. The summed E-state index contributed by atoms with van der Waals surface area (Å²) in [4.78, 5) is 12.1. The first-order valence-electron chi connectivity index (χ1n) is 5.56. The van der Waals surface area contributed by atoms with Gasteiger partial charge < -0.3 is 10.3 Å². The van der Waals surface area contributed by atoms with E-state index >= 15 is 0 Å². The number of rotatable bonds is 3. The lowest BCUT2D eigenvalue weighted by atomic mass is 10.3. The van der Waals surface area contributed by atoms with E-state index in [1.54, 1.807) is 12.3 Å². The van der Waals surface area contributed by atoms with Crippen LogP contribution in [-0.4, -0.2) is 20.7 Å². The number of nitrogen functional groups attached to an aromatic ring is 1. The van der Waals surface area contributed by atoms with E-state index in [0.717, 1.165) is 5.01 Å². The average molecular weight is 265 g/mol. The van der Waals surface area contributed by atoms with Gasteiger partial charge in [-0.1, -0.05) is 11.3 Å². The van der Waals surface area contributed by atoms with Crippen molar-refractivity contribution in [2.24, 2.45) is 0 Å². The topological polar surface area (TPSA) is 85.8 Å². The average Bonchev–Trinajstić information content (AvgIpc) is 2.85. The third-order valence-corrected chi connectivity index (χ3v) is 3.16. The van der Waals surface area contributed by atoms with Gasteiger partial charge in [0.1, 0.15) is 10.7 Å². The Morgan fingerprint density at radius 1 is 1.50 bits per heavy atom. The summed E-state index contributed by atoms with van der Waals surface area (Å²) in [6.45, 7) is 5.82. The van der Waals surface area contributed by atoms with Crippen LogP contribution in [0.15, 0.2) is 12.3 Å². The minimum atomic E-state index is -0.225. The highest BCUT2D eigenvalue weighted by Gasteiger charge is 2.16. The molecule has 2 heterocycles. The number of nitrogens with zero attached hydrogens (tertiary/aromatic N) is 3. The minimum Gasteiger partial charge on any atom is -0.397 e. The van der Waals surface area contributed by atoms with Gasteiger partial charge in [-0.25, -0.2) is 0 Å². The van der Waals surface area contributed by atoms with E-state index < -0.39 is 0 Å². The van der Waals surface area contributed by atoms with Gasteiger partial charge in [0.15, 0.2) is 0 Å². The van der Waals surface area contributed by atoms with Crippen molar-refractivity contribution in [2.45, 2.75) is 26.8 Å². The third kappa shape index (κ3) is 2.51. The van der Waals surface area contributed by atoms with E-state index in [1.165, 1.54) is 11.3 Å². The zero-order chi connectivity index (χ0) is 13.3. The fourth-order valence-corrected chi connectivity index (χ4v) is 2.20. The molecule has 3 N–H and O–H groups in total. The van der Waals surface area contributed by atoms with Crippen LogP contribution in [0.4, 0.5) is 10.8 Å². The molecule has 18 heavy (non-hydrogen) atoms. The zero-order valence-corrected chi connectivity index (χ0v) is 11.3. The molecule has 0 aliphatic heterocycles. The van der Waals surface area contributed by atoms with Crippen molar-refractivity contribution >= 4 is 28.1 Å². The number of aromatic nitrogens is 3. The largest absolute Gasteiger partial charge is 0.397 e. The Kier molecular flexibility index (Phi) is 3.33. The molecule has 0 aromatic carbocycles. The molecule has 0 bridgehead atoms. The van der Waals surface area contributed by atoms with Crippen LogP contribution in [-0.2, 0) is 0 Å². The Morgan fingerprint density at radius 2 is 2.22 bits per heavy atom. The minimum absolute atomic E-state index is 0.166. The summed E-state index contributed by atoms with van der Waals surface area (Å²) < 4.78 is 1.83. The summed E-state index contributed by atoms with van der Waals surface area (Å²) in [7, 11) is 0. The Balaban J connectivity index is 2.23. The number of nitrogens with one attached hydrogen (secondary N) is 1. The fourth-order valence-electron chi connectivity index (χ4n) is 1.62. The Morgan fingerprint density at radius 3 is 2.78 bits per heavy atom. The molecule has 0 unspecified atom stereocenters. The van der Waals surface area contributed by atoms with Crippen molar-refractivity contribution in [1.29, 1.82) is 0 Å². The van der Waals surface area contributed by atoms with Crippen LogP contribution in [0.1, 0.15) is 35.4 Å². The molecular formula is C11H15N5OS. The van der Waals surface area contributed by atoms with Crippen molar-refractivity contribution in [2.75, 3.05) is 11.1 Å². The fraction of sp³-hybridized carbons (Fsp3) is 0.364. The predicted octanol–water partition coefficient (Wildman–Crippen LogP) is 2.06. The van der Waals surface area contributed by atoms with E-state index in [4.69, 9.17) is 5.73 Å². The van der Waals surface area contributed by atoms with Gasteiger partial charge in [0.2, 0.25) is 5.13 Å². The standard InChI is InChI=1S/C11H15N5OS/c1-6(2)16-5-8(12)4-9(16)10(17)13-11-15-14-7(3)18-11/h4-6H,12H2,1-3H3,(H,13,15,17). The van der Waals surface area contributed by atoms with Crippen LogP contribution in [0, 0.1) is 6.92 Å². The number of amides is 1. The summed E-state index contributed by atoms with van der Waals surface area (Å²) in [5, 5.41) is 11.7. The molecule has 1 amide bonds. The summed E-state index contributed by atoms with van der Waals surface area (Å²) in [5.41, 5.74) is 6.82. The Bertz CT molecular complexity index is 572. The van der Waals surface area contributed by atoms with Crippen LogP contribution in [0.3, 0.4) is 0 Å². The number of hydrogen-bond donors (Lipinski definition) is 2. The molecule has 0 aliphatic rings. The van der Waals surface area contributed by atoms with Crippen molar-refractivity contribution in [3.05, 3.63) is 23.0 Å². The molecule has 6 nitrogen and oxygen atoms in total. The van der Waals surface area contributed by atoms with Gasteiger partial charge in [-0.15, -0.1) is 10.2 Å². The molecule has 2 aromatic heterocycles. The number of carbonyl (C=O) groups is 1. The predicted molar refractivity (Wildman–Crippen MR) is 71.8 cm³/mol. The van der Waals surface area contributed by atoms with Crippen molar-refractivity contribution < 1.29 is 4.79 Å². The maximum absolute atomic E-state index is 12.1. The molecule has 0 aliphatic carbocycles. The van der Waals surface area contributed by atoms with Gasteiger partial charge in [-0.2, -0.15) is 0 Å². The number of anilines is 2. The molecule has 0 saturated heterocycles. The van der Waals surface area contributed by atoms with Crippen molar-refractivity contribution in [3.8, 4) is 0 Å². The van der Waals surface area contributed by atoms with Crippen molar-refractivity contribution in [1.82, 2.24) is 14.8 Å². The molecule has 0 saturated carbocycles. The zero-order valence-electron chi connectivity index (χ0n) is 10.5. The van der Waals surface area contributed by atoms with Crippen LogP contribution in [0.25, 0.3) is 0 Å². The van der Waals surface area contributed by atoms with Gasteiger partial charge in [0.05, 0.1) is 5.69 Å². The maximum atomic E-state index is 12.1. The van der Waals surface area contributed by atoms with E-state index in [2.05, 4.69) is 15.5 Å². The first kappa shape index (κ1) is 12.6. The summed E-state index contributed by atoms with van der Waals surface area (Å²) in [5.74, 6) is -0.225. The molecule has 0 atom stereocenters. The van der Waals surface area contributed by atoms with Crippen LogP contribution < -0.4 is 11.1 Å². The second-order valence-electron chi connectivity index (χ2n) is 4.24. The third-order valence-electron chi connectivity index (χ3n) is 2.41. The second-order valence-corrected chi connectivity index (χ2v) is 5.42. The van der Waals surface area contributed by atoms with Crippen LogP contribution in [0.2, 0.25) is 0 Å². The molecule has 2 aromatic rings. The lowest BCUT2D eigenvalue weighted by Crippen LogP contribution is -2.17. The molecule has 7 heteroatoms. The second kappa shape index (κ2) is 4.77. The monoisotopic (exact) mass is 265 g/mol. The molecule has 0 spiro atoms. The van der Waals surface area contributed by atoms with Gasteiger partial charge in [0, 0.05) is 12.2 Å². The van der Waals surface area contributed by atoms with Gasteiger partial charge >= 0.3 is 0 Å². The van der Waals surface area contributed by atoms with E-state index in [-0.39, 0.29) is 11.9 Å². The summed E-state index contributed by atoms with van der Waals surface area (Å²) in [6.07, 6.45) is 1.75. The SMILES string of the molecule is Cc1nnc(NC(=O)c2cc(N)cn2C(C)C)s1.